The molecule has 32 heavy (non-hydrogen) atoms. The topological polar surface area (TPSA) is 59.0 Å². The maximum Gasteiger partial charge on any atom is 0.320 e. The summed E-state index contributed by atoms with van der Waals surface area (Å²) in [5, 5.41) is 9.96. The van der Waals surface area contributed by atoms with E-state index in [-0.39, 0.29) is 6.04 Å². The number of carboxylic acid groups (broad SMARTS) is 1. The van der Waals surface area contributed by atoms with Crippen LogP contribution in [0.4, 0.5) is 0 Å². The molecule has 1 aliphatic heterocycles. The number of ether oxygens (including phenoxy) is 2. The molecule has 3 aromatic rings. The lowest BCUT2D eigenvalue weighted by molar-refractivity contribution is -0.145. The summed E-state index contributed by atoms with van der Waals surface area (Å²) in [4.78, 5) is 14.2. The standard InChI is InChI=1S/C27H29NO4/c1-31-22-15-16-23(25(18-22)32-2)26(28-17-7-6-10-24(28)27(29)30)21-13-11-20(12-14-21)19-8-4-3-5-9-19/h3-5,8-9,11-16,18,24,26H,6-7,10,17H2,1-2H3,(H,29,30). The van der Waals surface area contributed by atoms with E-state index in [4.69, 9.17) is 9.47 Å². The molecule has 2 atom stereocenters. The number of hydrogen-bond acceptors (Lipinski definition) is 4. The van der Waals surface area contributed by atoms with E-state index in [1.54, 1.807) is 14.2 Å². The number of rotatable bonds is 7. The van der Waals surface area contributed by atoms with Crippen molar-refractivity contribution in [2.75, 3.05) is 20.8 Å². The van der Waals surface area contributed by atoms with Gasteiger partial charge in [0.25, 0.3) is 0 Å². The minimum absolute atomic E-state index is 0.234. The van der Waals surface area contributed by atoms with Crippen molar-refractivity contribution in [3.05, 3.63) is 83.9 Å². The van der Waals surface area contributed by atoms with E-state index in [2.05, 4.69) is 41.3 Å². The van der Waals surface area contributed by atoms with Crippen LogP contribution in [0.5, 0.6) is 11.5 Å². The number of nitrogens with zero attached hydrogens (tertiary/aromatic N) is 1. The quantitative estimate of drug-likeness (QED) is 0.543. The summed E-state index contributed by atoms with van der Waals surface area (Å²) in [5.74, 6) is 0.622. The second kappa shape index (κ2) is 9.88. The van der Waals surface area contributed by atoms with Crippen molar-refractivity contribution >= 4 is 5.97 Å². The number of carboxylic acids is 1. The summed E-state index contributed by atoms with van der Waals surface area (Å²) >= 11 is 0. The van der Waals surface area contributed by atoms with Gasteiger partial charge in [-0.05, 0) is 48.2 Å². The molecule has 4 rings (SSSR count). The number of hydrogen-bond donors (Lipinski definition) is 1. The van der Waals surface area contributed by atoms with Crippen LogP contribution in [0, 0.1) is 0 Å². The number of aliphatic carboxylic acids is 1. The predicted molar refractivity (Wildman–Crippen MR) is 125 cm³/mol. The van der Waals surface area contributed by atoms with Crippen molar-refractivity contribution < 1.29 is 19.4 Å². The molecular formula is C27H29NO4. The first kappa shape index (κ1) is 21.9. The van der Waals surface area contributed by atoms with Crippen molar-refractivity contribution in [1.29, 1.82) is 0 Å². The summed E-state index contributed by atoms with van der Waals surface area (Å²) in [7, 11) is 3.26. The number of piperidine rings is 1. The fraction of sp³-hybridized carbons (Fsp3) is 0.296. The number of likely N-dealkylation sites (tertiary alicyclic amines) is 1. The highest BCUT2D eigenvalue weighted by molar-refractivity contribution is 5.74. The normalized spacial score (nSPS) is 17.5. The molecule has 0 aliphatic carbocycles. The Morgan fingerprint density at radius 3 is 2.31 bits per heavy atom. The molecule has 1 saturated heterocycles. The van der Waals surface area contributed by atoms with Gasteiger partial charge >= 0.3 is 5.97 Å². The first-order valence-corrected chi connectivity index (χ1v) is 11.0. The smallest absolute Gasteiger partial charge is 0.320 e. The number of benzene rings is 3. The van der Waals surface area contributed by atoms with Gasteiger partial charge in [0.2, 0.25) is 0 Å². The molecule has 166 valence electrons. The number of methoxy groups -OCH3 is 2. The van der Waals surface area contributed by atoms with Crippen molar-refractivity contribution in [2.45, 2.75) is 31.3 Å². The first-order valence-electron chi connectivity index (χ1n) is 11.0. The zero-order valence-corrected chi connectivity index (χ0v) is 18.5. The van der Waals surface area contributed by atoms with Gasteiger partial charge in [0.05, 0.1) is 20.3 Å². The van der Waals surface area contributed by atoms with Gasteiger partial charge in [-0.1, -0.05) is 61.0 Å². The van der Waals surface area contributed by atoms with Gasteiger partial charge < -0.3 is 14.6 Å². The van der Waals surface area contributed by atoms with E-state index in [9.17, 15) is 9.90 Å². The lowest BCUT2D eigenvalue weighted by Crippen LogP contribution is -2.46. The third-order valence-corrected chi connectivity index (χ3v) is 6.23. The molecule has 3 aromatic carbocycles. The Kier molecular flexibility index (Phi) is 6.76. The van der Waals surface area contributed by atoms with Crippen molar-refractivity contribution in [3.8, 4) is 22.6 Å². The molecule has 0 aromatic heterocycles. The summed E-state index contributed by atoms with van der Waals surface area (Å²) in [6.07, 6.45) is 2.54. The Morgan fingerprint density at radius 2 is 1.66 bits per heavy atom. The van der Waals surface area contributed by atoms with Crippen LogP contribution in [-0.4, -0.2) is 42.8 Å². The average Bonchev–Trinajstić information content (AvgIpc) is 2.85. The Bertz CT molecular complexity index is 1050. The van der Waals surface area contributed by atoms with Gasteiger partial charge in [0, 0.05) is 11.6 Å². The summed E-state index contributed by atoms with van der Waals surface area (Å²) in [5.41, 5.74) is 4.26. The largest absolute Gasteiger partial charge is 0.497 e. The highest BCUT2D eigenvalue weighted by Crippen LogP contribution is 2.40. The lowest BCUT2D eigenvalue weighted by Gasteiger charge is -2.40. The molecule has 0 amide bonds. The van der Waals surface area contributed by atoms with Crippen molar-refractivity contribution in [1.82, 2.24) is 4.90 Å². The van der Waals surface area contributed by atoms with Crippen LogP contribution in [0.2, 0.25) is 0 Å². The minimum atomic E-state index is -0.775. The molecule has 5 heteroatoms. The highest BCUT2D eigenvalue weighted by atomic mass is 16.5. The molecule has 1 aliphatic rings. The fourth-order valence-electron chi connectivity index (χ4n) is 4.61. The van der Waals surface area contributed by atoms with Gasteiger partial charge in [-0.2, -0.15) is 0 Å². The van der Waals surface area contributed by atoms with Crippen LogP contribution in [-0.2, 0) is 4.79 Å². The Morgan fingerprint density at radius 1 is 0.938 bits per heavy atom. The van der Waals surface area contributed by atoms with Crippen molar-refractivity contribution in [2.24, 2.45) is 0 Å². The zero-order chi connectivity index (χ0) is 22.5. The monoisotopic (exact) mass is 431 g/mol. The molecule has 0 spiro atoms. The third kappa shape index (κ3) is 4.48. The molecule has 1 fully saturated rings. The van der Waals surface area contributed by atoms with Crippen LogP contribution >= 0.6 is 0 Å². The average molecular weight is 432 g/mol. The molecule has 0 bridgehead atoms. The summed E-state index contributed by atoms with van der Waals surface area (Å²) < 4.78 is 11.1. The molecule has 5 nitrogen and oxygen atoms in total. The Hall–Kier alpha value is -3.31. The minimum Gasteiger partial charge on any atom is -0.497 e. The van der Waals surface area contributed by atoms with Gasteiger partial charge in [-0.15, -0.1) is 0 Å². The Balaban J connectivity index is 1.80. The van der Waals surface area contributed by atoms with Crippen LogP contribution < -0.4 is 9.47 Å². The van der Waals surface area contributed by atoms with Crippen LogP contribution in [0.15, 0.2) is 72.8 Å². The SMILES string of the molecule is COc1ccc(C(c2ccc(-c3ccccc3)cc2)N2CCCCC2C(=O)O)c(OC)c1. The van der Waals surface area contributed by atoms with Gasteiger partial charge in [0.1, 0.15) is 17.5 Å². The van der Waals surface area contributed by atoms with E-state index in [1.165, 1.54) is 0 Å². The third-order valence-electron chi connectivity index (χ3n) is 6.23. The molecular weight excluding hydrogens is 402 g/mol. The Labute approximate surface area is 189 Å². The lowest BCUT2D eigenvalue weighted by atomic mass is 9.90. The second-order valence-electron chi connectivity index (χ2n) is 8.09. The maximum absolute atomic E-state index is 12.1. The van der Waals surface area contributed by atoms with Gasteiger partial charge in [-0.3, -0.25) is 9.69 Å². The van der Waals surface area contributed by atoms with E-state index < -0.39 is 12.0 Å². The van der Waals surface area contributed by atoms with Gasteiger partial charge in [-0.25, -0.2) is 0 Å². The summed E-state index contributed by atoms with van der Waals surface area (Å²) in [6, 6.07) is 23.6. The van der Waals surface area contributed by atoms with E-state index in [0.29, 0.717) is 17.9 Å². The van der Waals surface area contributed by atoms with E-state index in [0.717, 1.165) is 41.6 Å². The van der Waals surface area contributed by atoms with Crippen LogP contribution in [0.25, 0.3) is 11.1 Å². The van der Waals surface area contributed by atoms with Crippen LogP contribution in [0.3, 0.4) is 0 Å². The second-order valence-corrected chi connectivity index (χ2v) is 8.09. The highest BCUT2D eigenvalue weighted by Gasteiger charge is 2.36. The van der Waals surface area contributed by atoms with E-state index >= 15 is 0 Å². The molecule has 1 heterocycles. The van der Waals surface area contributed by atoms with Crippen LogP contribution in [0.1, 0.15) is 36.4 Å². The number of carbonyl (C=O) groups is 1. The fourth-order valence-corrected chi connectivity index (χ4v) is 4.61. The summed E-state index contributed by atoms with van der Waals surface area (Å²) in [6.45, 7) is 0.719. The molecule has 1 N–H and O–H groups in total. The molecule has 2 unspecified atom stereocenters. The predicted octanol–water partition coefficient (Wildman–Crippen LogP) is 5.40. The molecule has 0 radical (unpaired) electrons. The van der Waals surface area contributed by atoms with Gasteiger partial charge in [0.15, 0.2) is 0 Å². The maximum atomic E-state index is 12.1. The zero-order valence-electron chi connectivity index (χ0n) is 18.5. The van der Waals surface area contributed by atoms with Crippen molar-refractivity contribution in [3.63, 3.8) is 0 Å². The first-order chi connectivity index (χ1) is 15.6. The van der Waals surface area contributed by atoms with E-state index in [1.807, 2.05) is 36.4 Å². The molecule has 0 saturated carbocycles.